The van der Waals surface area contributed by atoms with Gasteiger partial charge >= 0.3 is 0 Å². The molecule has 0 atom stereocenters. The van der Waals surface area contributed by atoms with E-state index in [0.717, 1.165) is 12.3 Å². The normalized spacial score (nSPS) is 24.6. The van der Waals surface area contributed by atoms with Crippen LogP contribution in [0.15, 0.2) is 0 Å². The number of rotatable bonds is 4. The van der Waals surface area contributed by atoms with Crippen LogP contribution in [0.25, 0.3) is 0 Å². The number of carbonyl (C=O) groups excluding carboxylic acids is 1. The zero-order valence-corrected chi connectivity index (χ0v) is 9.13. The zero-order valence-electron chi connectivity index (χ0n) is 9.13. The van der Waals surface area contributed by atoms with Crippen LogP contribution in [0.5, 0.6) is 0 Å². The van der Waals surface area contributed by atoms with Gasteiger partial charge in [0.25, 0.3) is 0 Å². The molecular formula is C13H22O. The molecule has 14 heavy (non-hydrogen) atoms. The molecule has 2 saturated carbocycles. The van der Waals surface area contributed by atoms with Gasteiger partial charge in [-0.2, -0.15) is 0 Å². The predicted molar refractivity (Wildman–Crippen MR) is 58.2 cm³/mol. The maximum Gasteiger partial charge on any atom is 0.135 e. The minimum Gasteiger partial charge on any atom is -0.299 e. The highest BCUT2D eigenvalue weighted by Gasteiger charge is 2.25. The molecule has 0 heterocycles. The van der Waals surface area contributed by atoms with E-state index >= 15 is 0 Å². The Labute approximate surface area is 87.3 Å². The maximum absolute atomic E-state index is 11.7. The van der Waals surface area contributed by atoms with E-state index in [1.54, 1.807) is 0 Å². The third-order valence-corrected chi connectivity index (χ3v) is 4.08. The summed E-state index contributed by atoms with van der Waals surface area (Å²) in [6, 6.07) is 0. The Morgan fingerprint density at radius 1 is 0.929 bits per heavy atom. The van der Waals surface area contributed by atoms with Gasteiger partial charge in [0.2, 0.25) is 0 Å². The van der Waals surface area contributed by atoms with E-state index in [1.807, 2.05) is 0 Å². The Bertz CT molecular complexity index is 187. The fraction of sp³-hybridized carbons (Fsp3) is 0.923. The zero-order chi connectivity index (χ0) is 9.80. The molecule has 1 nitrogen and oxygen atoms in total. The lowest BCUT2D eigenvalue weighted by Gasteiger charge is -2.26. The quantitative estimate of drug-likeness (QED) is 0.666. The molecule has 2 aliphatic carbocycles. The van der Waals surface area contributed by atoms with Crippen molar-refractivity contribution in [2.75, 3.05) is 0 Å². The van der Waals surface area contributed by atoms with Gasteiger partial charge in [0, 0.05) is 12.3 Å². The van der Waals surface area contributed by atoms with Crippen molar-refractivity contribution in [3.05, 3.63) is 0 Å². The van der Waals surface area contributed by atoms with E-state index in [-0.39, 0.29) is 0 Å². The lowest BCUT2D eigenvalue weighted by molar-refractivity contribution is -0.125. The molecule has 2 fully saturated rings. The third kappa shape index (κ3) is 2.59. The van der Waals surface area contributed by atoms with Crippen LogP contribution in [0.1, 0.15) is 64.2 Å². The molecule has 0 radical (unpaired) electrons. The highest BCUT2D eigenvalue weighted by molar-refractivity contribution is 5.81. The summed E-state index contributed by atoms with van der Waals surface area (Å²) in [7, 11) is 0. The Balaban J connectivity index is 1.62. The smallest absolute Gasteiger partial charge is 0.135 e. The Morgan fingerprint density at radius 3 is 2.21 bits per heavy atom. The van der Waals surface area contributed by atoms with Gasteiger partial charge in [-0.25, -0.2) is 0 Å². The van der Waals surface area contributed by atoms with Crippen LogP contribution in [0, 0.1) is 11.8 Å². The Morgan fingerprint density at radius 2 is 1.64 bits per heavy atom. The molecule has 1 heteroatoms. The molecule has 0 unspecified atom stereocenters. The van der Waals surface area contributed by atoms with Crippen LogP contribution < -0.4 is 0 Å². The molecule has 80 valence electrons. The predicted octanol–water partition coefficient (Wildman–Crippen LogP) is 3.72. The van der Waals surface area contributed by atoms with Crippen molar-refractivity contribution in [1.29, 1.82) is 0 Å². The van der Waals surface area contributed by atoms with Crippen molar-refractivity contribution in [3.63, 3.8) is 0 Å². The largest absolute Gasteiger partial charge is 0.299 e. The maximum atomic E-state index is 11.7. The highest BCUT2D eigenvalue weighted by Crippen LogP contribution is 2.31. The first-order valence-electron chi connectivity index (χ1n) is 6.39. The first-order valence-corrected chi connectivity index (χ1v) is 6.39. The summed E-state index contributed by atoms with van der Waals surface area (Å²) in [6.07, 6.45) is 12.7. The van der Waals surface area contributed by atoms with Crippen molar-refractivity contribution < 1.29 is 4.79 Å². The SMILES string of the molecule is O=C(CCC1CCCCC1)C1CCC1. The van der Waals surface area contributed by atoms with Crippen LogP contribution in [-0.4, -0.2) is 5.78 Å². The van der Waals surface area contributed by atoms with Gasteiger partial charge < -0.3 is 0 Å². The summed E-state index contributed by atoms with van der Waals surface area (Å²) < 4.78 is 0. The van der Waals surface area contributed by atoms with E-state index in [1.165, 1.54) is 57.8 Å². The summed E-state index contributed by atoms with van der Waals surface area (Å²) in [5.74, 6) is 1.92. The van der Waals surface area contributed by atoms with Gasteiger partial charge in [0.05, 0.1) is 0 Å². The van der Waals surface area contributed by atoms with Crippen molar-refractivity contribution in [2.24, 2.45) is 11.8 Å². The average molecular weight is 194 g/mol. The van der Waals surface area contributed by atoms with Crippen LogP contribution >= 0.6 is 0 Å². The van der Waals surface area contributed by atoms with Gasteiger partial charge in [-0.15, -0.1) is 0 Å². The number of hydrogen-bond donors (Lipinski definition) is 0. The molecule has 0 aromatic rings. The number of carbonyl (C=O) groups is 1. The fourth-order valence-corrected chi connectivity index (χ4v) is 2.76. The van der Waals surface area contributed by atoms with Crippen LogP contribution in [0.4, 0.5) is 0 Å². The van der Waals surface area contributed by atoms with Crippen molar-refractivity contribution >= 4 is 5.78 Å². The average Bonchev–Trinajstić information content (AvgIpc) is 2.14. The monoisotopic (exact) mass is 194 g/mol. The molecule has 0 aromatic carbocycles. The van der Waals surface area contributed by atoms with Crippen molar-refractivity contribution in [2.45, 2.75) is 64.2 Å². The molecule has 0 bridgehead atoms. The molecule has 2 rings (SSSR count). The van der Waals surface area contributed by atoms with Gasteiger partial charge in [-0.05, 0) is 25.2 Å². The highest BCUT2D eigenvalue weighted by atomic mass is 16.1. The molecule has 0 aliphatic heterocycles. The van der Waals surface area contributed by atoms with E-state index < -0.39 is 0 Å². The minimum absolute atomic E-state index is 0.471. The van der Waals surface area contributed by atoms with E-state index in [4.69, 9.17) is 0 Å². The molecule has 0 aromatic heterocycles. The second-order valence-corrected chi connectivity index (χ2v) is 5.14. The van der Waals surface area contributed by atoms with Crippen molar-refractivity contribution in [1.82, 2.24) is 0 Å². The number of hydrogen-bond acceptors (Lipinski definition) is 1. The second kappa shape index (κ2) is 4.95. The Hall–Kier alpha value is -0.330. The summed E-state index contributed by atoms with van der Waals surface area (Å²) in [5, 5.41) is 0. The van der Waals surface area contributed by atoms with Crippen LogP contribution in [-0.2, 0) is 4.79 Å². The van der Waals surface area contributed by atoms with E-state index in [2.05, 4.69) is 0 Å². The number of Topliss-reactive ketones (excluding diaryl/α,β-unsaturated/α-hetero) is 1. The van der Waals surface area contributed by atoms with Gasteiger partial charge in [0.1, 0.15) is 5.78 Å². The van der Waals surface area contributed by atoms with Gasteiger partial charge in [-0.1, -0.05) is 38.5 Å². The third-order valence-electron chi connectivity index (χ3n) is 4.08. The number of ketones is 1. The van der Waals surface area contributed by atoms with Gasteiger partial charge in [-0.3, -0.25) is 4.79 Å². The minimum atomic E-state index is 0.471. The summed E-state index contributed by atoms with van der Waals surface area (Å²) in [6.45, 7) is 0. The van der Waals surface area contributed by atoms with E-state index in [9.17, 15) is 4.79 Å². The summed E-state index contributed by atoms with van der Waals surface area (Å²) in [4.78, 5) is 11.7. The lowest BCUT2D eigenvalue weighted by atomic mass is 9.78. The summed E-state index contributed by atoms with van der Waals surface area (Å²) in [5.41, 5.74) is 0. The first-order chi connectivity index (χ1) is 6.86. The van der Waals surface area contributed by atoms with Crippen LogP contribution in [0.3, 0.4) is 0 Å². The molecule has 0 N–H and O–H groups in total. The summed E-state index contributed by atoms with van der Waals surface area (Å²) >= 11 is 0. The lowest BCUT2D eigenvalue weighted by Crippen LogP contribution is -2.22. The topological polar surface area (TPSA) is 17.1 Å². The second-order valence-electron chi connectivity index (χ2n) is 5.14. The van der Waals surface area contributed by atoms with Crippen molar-refractivity contribution in [3.8, 4) is 0 Å². The first kappa shape index (κ1) is 10.2. The molecule has 0 saturated heterocycles. The molecule has 0 amide bonds. The Kier molecular flexibility index (Phi) is 3.61. The molecular weight excluding hydrogens is 172 g/mol. The fourth-order valence-electron chi connectivity index (χ4n) is 2.76. The van der Waals surface area contributed by atoms with E-state index in [0.29, 0.717) is 11.7 Å². The van der Waals surface area contributed by atoms with Gasteiger partial charge in [0.15, 0.2) is 0 Å². The molecule has 0 spiro atoms. The standard InChI is InChI=1S/C13H22O/c14-13(12-7-4-8-12)10-9-11-5-2-1-3-6-11/h11-12H,1-10H2. The van der Waals surface area contributed by atoms with Crippen LogP contribution in [0.2, 0.25) is 0 Å². The molecule has 2 aliphatic rings.